The van der Waals surface area contributed by atoms with Crippen molar-refractivity contribution in [3.63, 3.8) is 0 Å². The molecule has 0 saturated carbocycles. The second-order valence-corrected chi connectivity index (χ2v) is 7.28. The van der Waals surface area contributed by atoms with Gasteiger partial charge in [-0.3, -0.25) is 0 Å². The highest BCUT2D eigenvalue weighted by atomic mass is 35.5. The van der Waals surface area contributed by atoms with Crippen LogP contribution in [0.5, 0.6) is 0 Å². The molecule has 0 fully saturated rings. The van der Waals surface area contributed by atoms with Crippen LogP contribution < -0.4 is 4.72 Å². The Balaban J connectivity index is 3.14. The Morgan fingerprint density at radius 2 is 1.90 bits per heavy atom. The summed E-state index contributed by atoms with van der Waals surface area (Å²) in [5.74, 6) is -1.32. The van der Waals surface area contributed by atoms with Crippen molar-refractivity contribution in [1.29, 1.82) is 0 Å². The summed E-state index contributed by atoms with van der Waals surface area (Å²) >= 11 is 11.6. The van der Waals surface area contributed by atoms with Crippen LogP contribution in [0, 0.1) is 0 Å². The molecule has 0 amide bonds. The summed E-state index contributed by atoms with van der Waals surface area (Å²) in [6, 6.07) is 2.02. The summed E-state index contributed by atoms with van der Waals surface area (Å²) in [5.41, 5.74) is -0.318. The smallest absolute Gasteiger partial charge is 0.337 e. The van der Waals surface area contributed by atoms with E-state index in [2.05, 4.69) is 4.72 Å². The lowest BCUT2D eigenvalue weighted by molar-refractivity contribution is 0.0697. The molecule has 0 saturated heterocycles. The largest absolute Gasteiger partial charge is 0.478 e. The second kappa shape index (κ2) is 6.93. The topological polar surface area (TPSA) is 86.7 Å². The number of rotatable bonds is 6. The molecule has 1 atom stereocenters. The monoisotopic (exact) mass is 354 g/mol. The van der Waals surface area contributed by atoms with Crippen LogP contribution in [0.15, 0.2) is 17.0 Å². The van der Waals surface area contributed by atoms with Crippen molar-refractivity contribution >= 4 is 39.2 Å². The van der Waals surface area contributed by atoms with Crippen LogP contribution in [-0.2, 0) is 10.0 Å². The fourth-order valence-electron chi connectivity index (χ4n) is 1.39. The molecule has 6 nitrogen and oxygen atoms in total. The van der Waals surface area contributed by atoms with Crippen LogP contribution in [0.3, 0.4) is 0 Å². The van der Waals surface area contributed by atoms with Crippen LogP contribution in [-0.4, -0.2) is 51.1 Å². The molecule has 1 aromatic rings. The minimum absolute atomic E-state index is 0.0372. The van der Waals surface area contributed by atoms with Crippen molar-refractivity contribution in [3.8, 4) is 0 Å². The molecule has 0 aromatic heterocycles. The average molecular weight is 355 g/mol. The number of carboxylic acids is 1. The summed E-state index contributed by atoms with van der Waals surface area (Å²) in [4.78, 5) is 12.6. The molecule has 0 spiro atoms. The lowest BCUT2D eigenvalue weighted by Crippen LogP contribution is -2.38. The molecule has 0 radical (unpaired) electrons. The Hall–Kier alpha value is -0.860. The maximum absolute atomic E-state index is 12.2. The Morgan fingerprint density at radius 1 is 1.33 bits per heavy atom. The standard InChI is InChI=1S/C12H16Cl2N2O4S/c1-7(16(2)3)6-15-21(19,20)11-4-8(12(17)18)9(13)5-10(11)14/h4-5,7,15H,6H2,1-3H3,(H,17,18). The Morgan fingerprint density at radius 3 is 2.38 bits per heavy atom. The summed E-state index contributed by atoms with van der Waals surface area (Å²) in [6.07, 6.45) is 0. The van der Waals surface area contributed by atoms with E-state index in [1.54, 1.807) is 0 Å². The number of aromatic carboxylic acids is 1. The van der Waals surface area contributed by atoms with Crippen molar-refractivity contribution < 1.29 is 18.3 Å². The minimum atomic E-state index is -3.92. The van der Waals surface area contributed by atoms with Gasteiger partial charge in [0.2, 0.25) is 10.0 Å². The third kappa shape index (κ3) is 4.55. The van der Waals surface area contributed by atoms with E-state index < -0.39 is 16.0 Å². The average Bonchev–Trinajstić information content (AvgIpc) is 2.34. The van der Waals surface area contributed by atoms with Gasteiger partial charge in [-0.05, 0) is 33.2 Å². The maximum atomic E-state index is 12.2. The molecule has 9 heteroatoms. The van der Waals surface area contributed by atoms with Crippen LogP contribution in [0.4, 0.5) is 0 Å². The van der Waals surface area contributed by atoms with Gasteiger partial charge in [0.1, 0.15) is 4.90 Å². The minimum Gasteiger partial charge on any atom is -0.478 e. The quantitative estimate of drug-likeness (QED) is 0.814. The molecule has 2 N–H and O–H groups in total. The Labute approximate surface area is 133 Å². The first-order valence-electron chi connectivity index (χ1n) is 5.94. The van der Waals surface area contributed by atoms with Crippen LogP contribution in [0.2, 0.25) is 10.0 Å². The van der Waals surface area contributed by atoms with Crippen molar-refractivity contribution in [2.75, 3.05) is 20.6 Å². The molecule has 0 aliphatic rings. The summed E-state index contributed by atoms with van der Waals surface area (Å²) in [7, 11) is -0.290. The number of carbonyl (C=O) groups is 1. The number of hydrogen-bond acceptors (Lipinski definition) is 4. The van der Waals surface area contributed by atoms with Crippen molar-refractivity contribution in [3.05, 3.63) is 27.7 Å². The van der Waals surface area contributed by atoms with E-state index in [1.807, 2.05) is 25.9 Å². The molecule has 118 valence electrons. The van der Waals surface area contributed by atoms with Gasteiger partial charge >= 0.3 is 5.97 Å². The number of likely N-dealkylation sites (N-methyl/N-ethyl adjacent to an activating group) is 1. The number of hydrogen-bond donors (Lipinski definition) is 2. The van der Waals surface area contributed by atoms with Crippen LogP contribution in [0.1, 0.15) is 17.3 Å². The highest BCUT2D eigenvalue weighted by Gasteiger charge is 2.23. The van der Waals surface area contributed by atoms with Crippen molar-refractivity contribution in [2.45, 2.75) is 17.9 Å². The van der Waals surface area contributed by atoms with Gasteiger partial charge in [-0.2, -0.15) is 0 Å². The van der Waals surface area contributed by atoms with Gasteiger partial charge in [0, 0.05) is 12.6 Å². The summed E-state index contributed by atoms with van der Waals surface area (Å²) in [6.45, 7) is 2.01. The van der Waals surface area contributed by atoms with Gasteiger partial charge in [-0.1, -0.05) is 23.2 Å². The summed E-state index contributed by atoms with van der Waals surface area (Å²) in [5, 5.41) is 8.74. The molecular weight excluding hydrogens is 339 g/mol. The predicted molar refractivity (Wildman–Crippen MR) is 81.8 cm³/mol. The van der Waals surface area contributed by atoms with E-state index >= 15 is 0 Å². The highest BCUT2D eigenvalue weighted by molar-refractivity contribution is 7.89. The number of nitrogens with one attached hydrogen (secondary N) is 1. The lowest BCUT2D eigenvalue weighted by Gasteiger charge is -2.20. The second-order valence-electron chi connectivity index (χ2n) is 4.73. The molecule has 1 aromatic carbocycles. The normalized spacial score (nSPS) is 13.4. The molecule has 1 unspecified atom stereocenters. The van der Waals surface area contributed by atoms with Gasteiger partial charge in [0.05, 0.1) is 15.6 Å². The van der Waals surface area contributed by atoms with Gasteiger partial charge in [-0.25, -0.2) is 17.9 Å². The first kappa shape index (κ1) is 18.2. The van der Waals surface area contributed by atoms with Gasteiger partial charge in [0.15, 0.2) is 0 Å². The first-order chi connectivity index (χ1) is 9.56. The molecule has 0 aliphatic carbocycles. The van der Waals surface area contributed by atoms with Gasteiger partial charge in [0.25, 0.3) is 0 Å². The van der Waals surface area contributed by atoms with E-state index in [9.17, 15) is 13.2 Å². The van der Waals surface area contributed by atoms with Crippen LogP contribution >= 0.6 is 23.2 Å². The van der Waals surface area contributed by atoms with Crippen molar-refractivity contribution in [1.82, 2.24) is 9.62 Å². The summed E-state index contributed by atoms with van der Waals surface area (Å²) < 4.78 is 26.8. The first-order valence-corrected chi connectivity index (χ1v) is 8.18. The fourth-order valence-corrected chi connectivity index (χ4v) is 3.36. The van der Waals surface area contributed by atoms with E-state index in [-0.39, 0.29) is 33.1 Å². The predicted octanol–water partition coefficient (Wildman–Crippen LogP) is 1.92. The molecule has 21 heavy (non-hydrogen) atoms. The lowest BCUT2D eigenvalue weighted by atomic mass is 10.2. The van der Waals surface area contributed by atoms with E-state index in [1.165, 1.54) is 0 Å². The molecular formula is C12H16Cl2N2O4S. The Kier molecular flexibility index (Phi) is 6.01. The molecule has 0 heterocycles. The number of halogens is 2. The van der Waals surface area contributed by atoms with E-state index in [4.69, 9.17) is 28.3 Å². The van der Waals surface area contributed by atoms with Gasteiger partial charge < -0.3 is 10.0 Å². The Bertz CT molecular complexity index is 647. The zero-order valence-electron chi connectivity index (χ0n) is 11.7. The molecule has 1 rings (SSSR count). The molecule has 0 aliphatic heterocycles. The number of benzene rings is 1. The van der Waals surface area contributed by atoms with E-state index in [0.29, 0.717) is 0 Å². The highest BCUT2D eigenvalue weighted by Crippen LogP contribution is 2.28. The maximum Gasteiger partial charge on any atom is 0.337 e. The van der Waals surface area contributed by atoms with E-state index in [0.717, 1.165) is 12.1 Å². The zero-order chi connectivity index (χ0) is 16.4. The third-order valence-corrected chi connectivity index (χ3v) is 5.19. The number of nitrogens with zero attached hydrogens (tertiary/aromatic N) is 1. The number of carboxylic acid groups (broad SMARTS) is 1. The third-order valence-electron chi connectivity index (χ3n) is 2.99. The van der Waals surface area contributed by atoms with Crippen LogP contribution in [0.25, 0.3) is 0 Å². The SMILES string of the molecule is CC(CNS(=O)(=O)c1cc(C(=O)O)c(Cl)cc1Cl)N(C)C. The molecule has 0 bridgehead atoms. The number of sulfonamides is 1. The van der Waals surface area contributed by atoms with Crippen molar-refractivity contribution in [2.24, 2.45) is 0 Å². The van der Waals surface area contributed by atoms with Gasteiger partial charge in [-0.15, -0.1) is 0 Å². The fraction of sp³-hybridized carbons (Fsp3) is 0.417. The zero-order valence-corrected chi connectivity index (χ0v) is 14.1.